The molecule has 0 aliphatic carbocycles. The number of anilines is 1. The maximum atomic E-state index is 12.2. The second-order valence-electron chi connectivity index (χ2n) is 6.29. The number of nitrogens with one attached hydrogen (secondary N) is 1. The number of carbonyl (C=O) groups excluding carboxylic acids is 1. The van der Waals surface area contributed by atoms with Crippen LogP contribution in [-0.4, -0.2) is 52.9 Å². The van der Waals surface area contributed by atoms with E-state index in [2.05, 4.69) is 15.3 Å². The first-order valence-corrected chi connectivity index (χ1v) is 7.69. The van der Waals surface area contributed by atoms with Gasteiger partial charge in [-0.05, 0) is 38.8 Å². The molecule has 1 aliphatic heterocycles. The van der Waals surface area contributed by atoms with Crippen molar-refractivity contribution in [1.29, 1.82) is 0 Å². The van der Waals surface area contributed by atoms with Crippen molar-refractivity contribution in [2.75, 3.05) is 31.6 Å². The molecule has 126 valence electrons. The molecule has 0 fully saturated rings. The highest BCUT2D eigenvalue weighted by molar-refractivity contribution is 5.71. The number of nitrogens with zero attached hydrogens (tertiary/aromatic N) is 3. The molecule has 0 bridgehead atoms. The van der Waals surface area contributed by atoms with Gasteiger partial charge >= 0.3 is 6.09 Å². The highest BCUT2D eigenvalue weighted by Gasteiger charge is 2.24. The van der Waals surface area contributed by atoms with Gasteiger partial charge in [0.15, 0.2) is 5.82 Å². The molecule has 1 amide bonds. The molecule has 1 aromatic heterocycles. The Morgan fingerprint density at radius 2 is 2.26 bits per heavy atom. The zero-order chi connectivity index (χ0) is 16.9. The molecule has 23 heavy (non-hydrogen) atoms. The molecular formula is C16H23FN4O2. The zero-order valence-corrected chi connectivity index (χ0v) is 13.8. The van der Waals surface area contributed by atoms with Crippen molar-refractivity contribution < 1.29 is 13.9 Å². The van der Waals surface area contributed by atoms with E-state index in [4.69, 9.17) is 4.74 Å². The molecule has 0 saturated carbocycles. The Balaban J connectivity index is 2.00. The molecule has 1 aliphatic rings. The number of rotatable bonds is 4. The summed E-state index contributed by atoms with van der Waals surface area (Å²) in [5, 5.41) is 2.89. The SMILES string of the molecule is CC(C)(C)OC(=O)N1CC=C(c2nccc(NCCF)n2)CC1. The number of hydrogen-bond donors (Lipinski definition) is 1. The van der Waals surface area contributed by atoms with E-state index in [0.717, 1.165) is 5.57 Å². The Kier molecular flexibility index (Phi) is 5.52. The summed E-state index contributed by atoms with van der Waals surface area (Å²) in [4.78, 5) is 22.3. The summed E-state index contributed by atoms with van der Waals surface area (Å²) in [5.41, 5.74) is 0.481. The van der Waals surface area contributed by atoms with Gasteiger partial charge in [-0.1, -0.05) is 6.08 Å². The highest BCUT2D eigenvalue weighted by Crippen LogP contribution is 2.21. The molecule has 0 spiro atoms. The van der Waals surface area contributed by atoms with E-state index in [1.54, 1.807) is 17.2 Å². The maximum Gasteiger partial charge on any atom is 0.410 e. The molecule has 0 aromatic carbocycles. The van der Waals surface area contributed by atoms with Crippen molar-refractivity contribution in [2.24, 2.45) is 0 Å². The number of aromatic nitrogens is 2. The molecule has 2 heterocycles. The summed E-state index contributed by atoms with van der Waals surface area (Å²) in [6, 6.07) is 1.70. The fourth-order valence-electron chi connectivity index (χ4n) is 2.15. The van der Waals surface area contributed by atoms with Gasteiger partial charge < -0.3 is 15.0 Å². The highest BCUT2D eigenvalue weighted by atomic mass is 19.1. The van der Waals surface area contributed by atoms with Crippen LogP contribution in [0.2, 0.25) is 0 Å². The van der Waals surface area contributed by atoms with Gasteiger partial charge in [0.2, 0.25) is 0 Å². The molecule has 0 radical (unpaired) electrons. The van der Waals surface area contributed by atoms with Crippen LogP contribution in [-0.2, 0) is 4.74 Å². The summed E-state index contributed by atoms with van der Waals surface area (Å²) in [6.07, 6.45) is 3.92. The summed E-state index contributed by atoms with van der Waals surface area (Å²) >= 11 is 0. The van der Waals surface area contributed by atoms with Gasteiger partial charge in [0.25, 0.3) is 0 Å². The largest absolute Gasteiger partial charge is 0.444 e. The van der Waals surface area contributed by atoms with E-state index in [0.29, 0.717) is 31.2 Å². The van der Waals surface area contributed by atoms with Crippen LogP contribution in [0.1, 0.15) is 33.0 Å². The van der Waals surface area contributed by atoms with E-state index in [1.165, 1.54) is 0 Å². The van der Waals surface area contributed by atoms with E-state index in [9.17, 15) is 9.18 Å². The second kappa shape index (κ2) is 7.39. The monoisotopic (exact) mass is 322 g/mol. The minimum Gasteiger partial charge on any atom is -0.444 e. The lowest BCUT2D eigenvalue weighted by Gasteiger charge is -2.29. The number of alkyl halides is 1. The van der Waals surface area contributed by atoms with Gasteiger partial charge in [-0.2, -0.15) is 0 Å². The molecule has 0 atom stereocenters. The van der Waals surface area contributed by atoms with Crippen molar-refractivity contribution in [3.63, 3.8) is 0 Å². The molecule has 6 nitrogen and oxygen atoms in total. The van der Waals surface area contributed by atoms with Crippen molar-refractivity contribution in [1.82, 2.24) is 14.9 Å². The van der Waals surface area contributed by atoms with Gasteiger partial charge in [0.05, 0.1) is 0 Å². The molecule has 1 N–H and O–H groups in total. The molecule has 7 heteroatoms. The minimum absolute atomic E-state index is 0.224. The summed E-state index contributed by atoms with van der Waals surface area (Å²) < 4.78 is 17.6. The topological polar surface area (TPSA) is 67.3 Å². The number of carbonyl (C=O) groups is 1. The Hall–Kier alpha value is -2.18. The van der Waals surface area contributed by atoms with E-state index in [-0.39, 0.29) is 12.6 Å². The van der Waals surface area contributed by atoms with Gasteiger partial charge in [0, 0.05) is 25.8 Å². The Morgan fingerprint density at radius 3 is 2.87 bits per heavy atom. The fourth-order valence-corrected chi connectivity index (χ4v) is 2.15. The average Bonchev–Trinajstić information content (AvgIpc) is 2.52. The van der Waals surface area contributed by atoms with Crippen LogP contribution in [0.5, 0.6) is 0 Å². The van der Waals surface area contributed by atoms with Crippen LogP contribution >= 0.6 is 0 Å². The summed E-state index contributed by atoms with van der Waals surface area (Å²) in [6.45, 7) is 6.34. The average molecular weight is 322 g/mol. The van der Waals surface area contributed by atoms with E-state index < -0.39 is 12.3 Å². The smallest absolute Gasteiger partial charge is 0.410 e. The van der Waals surface area contributed by atoms with Crippen LogP contribution < -0.4 is 5.32 Å². The maximum absolute atomic E-state index is 12.2. The lowest BCUT2D eigenvalue weighted by atomic mass is 10.1. The number of halogens is 1. The quantitative estimate of drug-likeness (QED) is 0.923. The van der Waals surface area contributed by atoms with Crippen molar-refractivity contribution in [2.45, 2.75) is 32.8 Å². The van der Waals surface area contributed by atoms with Crippen molar-refractivity contribution >= 4 is 17.5 Å². The molecule has 0 saturated heterocycles. The van der Waals surface area contributed by atoms with Gasteiger partial charge in [-0.25, -0.2) is 19.2 Å². The van der Waals surface area contributed by atoms with Crippen molar-refractivity contribution in [3.05, 3.63) is 24.2 Å². The first-order valence-electron chi connectivity index (χ1n) is 7.69. The van der Waals surface area contributed by atoms with Crippen LogP contribution in [0.3, 0.4) is 0 Å². The standard InChI is InChI=1S/C16H23FN4O2/c1-16(2,3)23-15(22)21-10-5-12(6-11-21)14-19-8-4-13(20-14)18-9-7-17/h4-5,8H,6-7,9-11H2,1-3H3,(H,18,19,20). The lowest BCUT2D eigenvalue weighted by molar-refractivity contribution is 0.0270. The predicted molar refractivity (Wildman–Crippen MR) is 86.9 cm³/mol. The number of hydrogen-bond acceptors (Lipinski definition) is 5. The summed E-state index contributed by atoms with van der Waals surface area (Å²) in [5.74, 6) is 1.21. The second-order valence-corrected chi connectivity index (χ2v) is 6.29. The predicted octanol–water partition coefficient (Wildman–Crippen LogP) is 2.88. The Bertz CT molecular complexity index is 584. The Labute approximate surface area is 135 Å². The molecular weight excluding hydrogens is 299 g/mol. The lowest BCUT2D eigenvalue weighted by Crippen LogP contribution is -2.39. The number of amides is 1. The minimum atomic E-state index is -0.499. The van der Waals surface area contributed by atoms with Gasteiger partial charge in [0.1, 0.15) is 18.1 Å². The van der Waals surface area contributed by atoms with Crippen LogP contribution in [0, 0.1) is 0 Å². The molecule has 2 rings (SSSR count). The van der Waals surface area contributed by atoms with E-state index in [1.807, 2.05) is 26.8 Å². The van der Waals surface area contributed by atoms with Crippen LogP contribution in [0.25, 0.3) is 5.57 Å². The zero-order valence-electron chi connectivity index (χ0n) is 13.8. The fraction of sp³-hybridized carbons (Fsp3) is 0.562. The first kappa shape index (κ1) is 17.2. The van der Waals surface area contributed by atoms with Crippen LogP contribution in [0.15, 0.2) is 18.3 Å². The molecule has 1 aromatic rings. The summed E-state index contributed by atoms with van der Waals surface area (Å²) in [7, 11) is 0. The van der Waals surface area contributed by atoms with Gasteiger partial charge in [-0.3, -0.25) is 0 Å². The van der Waals surface area contributed by atoms with Crippen LogP contribution in [0.4, 0.5) is 15.0 Å². The first-order chi connectivity index (χ1) is 10.9. The van der Waals surface area contributed by atoms with Crippen molar-refractivity contribution in [3.8, 4) is 0 Å². The third-order valence-electron chi connectivity index (χ3n) is 3.20. The van der Waals surface area contributed by atoms with Gasteiger partial charge in [-0.15, -0.1) is 0 Å². The third kappa shape index (κ3) is 5.19. The third-order valence-corrected chi connectivity index (χ3v) is 3.20. The number of ether oxygens (including phenoxy) is 1. The normalized spacial score (nSPS) is 15.1. The Morgan fingerprint density at radius 1 is 1.48 bits per heavy atom. The van der Waals surface area contributed by atoms with E-state index >= 15 is 0 Å². The molecule has 0 unspecified atom stereocenters.